The van der Waals surface area contributed by atoms with Gasteiger partial charge in [0.05, 0.1) is 6.54 Å². The molecule has 0 aromatic rings. The summed E-state index contributed by atoms with van der Waals surface area (Å²) in [5, 5.41) is 0. The van der Waals surface area contributed by atoms with Gasteiger partial charge in [-0.2, -0.15) is 0 Å². The minimum atomic E-state index is 0.719. The van der Waals surface area contributed by atoms with Crippen molar-refractivity contribution in [2.24, 2.45) is 10.9 Å². The smallest absolute Gasteiger partial charge is 0.183 e. The van der Waals surface area contributed by atoms with E-state index in [9.17, 15) is 0 Å². The van der Waals surface area contributed by atoms with Gasteiger partial charge in [0.2, 0.25) is 0 Å². The lowest BCUT2D eigenvalue weighted by Crippen LogP contribution is -2.04. The zero-order valence-corrected chi connectivity index (χ0v) is 6.76. The molecule has 0 bridgehead atoms. The van der Waals surface area contributed by atoms with Crippen LogP contribution >= 0.6 is 0 Å². The predicted octanol–water partition coefficient (Wildman–Crippen LogP) is 1.85. The maximum atomic E-state index is 5.28. The second kappa shape index (κ2) is 3.59. The van der Waals surface area contributed by atoms with Gasteiger partial charge in [0.1, 0.15) is 6.61 Å². The Kier molecular flexibility index (Phi) is 2.72. The Labute approximate surface area is 62.3 Å². The van der Waals surface area contributed by atoms with E-state index in [2.05, 4.69) is 18.8 Å². The molecule has 0 amide bonds. The van der Waals surface area contributed by atoms with Gasteiger partial charge in [0, 0.05) is 6.42 Å². The molecule has 2 heteroatoms. The van der Waals surface area contributed by atoms with Crippen molar-refractivity contribution in [3.8, 4) is 0 Å². The van der Waals surface area contributed by atoms with Gasteiger partial charge in [-0.25, -0.2) is 0 Å². The SMILES string of the molecule is CC[C@H](C)CC1=NCCO1. The molecule has 2 nitrogen and oxygen atoms in total. The molecule has 0 saturated heterocycles. The van der Waals surface area contributed by atoms with Crippen molar-refractivity contribution in [2.75, 3.05) is 13.2 Å². The number of ether oxygens (including phenoxy) is 1. The summed E-state index contributed by atoms with van der Waals surface area (Å²) in [7, 11) is 0. The van der Waals surface area contributed by atoms with Crippen molar-refractivity contribution in [3.63, 3.8) is 0 Å². The molecule has 10 heavy (non-hydrogen) atoms. The average molecular weight is 141 g/mol. The maximum Gasteiger partial charge on any atom is 0.183 e. The van der Waals surface area contributed by atoms with Crippen LogP contribution < -0.4 is 0 Å². The van der Waals surface area contributed by atoms with Gasteiger partial charge in [-0.3, -0.25) is 4.99 Å². The van der Waals surface area contributed by atoms with E-state index in [1.165, 1.54) is 6.42 Å². The first-order valence-electron chi connectivity index (χ1n) is 3.99. The van der Waals surface area contributed by atoms with Gasteiger partial charge < -0.3 is 4.74 Å². The van der Waals surface area contributed by atoms with E-state index in [4.69, 9.17) is 4.74 Å². The molecule has 0 saturated carbocycles. The number of hydrogen-bond acceptors (Lipinski definition) is 2. The lowest BCUT2D eigenvalue weighted by Gasteiger charge is -2.06. The first-order chi connectivity index (χ1) is 4.83. The van der Waals surface area contributed by atoms with Crippen molar-refractivity contribution in [2.45, 2.75) is 26.7 Å². The molecule has 0 spiro atoms. The summed E-state index contributed by atoms with van der Waals surface area (Å²) in [4.78, 5) is 4.22. The third-order valence-corrected chi connectivity index (χ3v) is 1.87. The minimum absolute atomic E-state index is 0.719. The van der Waals surface area contributed by atoms with E-state index in [0.29, 0.717) is 0 Å². The molecular formula is C8H15NO. The first kappa shape index (κ1) is 7.58. The van der Waals surface area contributed by atoms with E-state index in [0.717, 1.165) is 31.4 Å². The van der Waals surface area contributed by atoms with Crippen LogP contribution in [0.3, 0.4) is 0 Å². The fraction of sp³-hybridized carbons (Fsp3) is 0.875. The molecule has 1 aliphatic heterocycles. The highest BCUT2D eigenvalue weighted by Crippen LogP contribution is 2.10. The van der Waals surface area contributed by atoms with E-state index in [1.807, 2.05) is 0 Å². The summed E-state index contributed by atoms with van der Waals surface area (Å²) in [6.07, 6.45) is 2.24. The zero-order chi connectivity index (χ0) is 7.40. The van der Waals surface area contributed by atoms with Crippen LogP contribution in [0.15, 0.2) is 4.99 Å². The van der Waals surface area contributed by atoms with E-state index in [1.54, 1.807) is 0 Å². The fourth-order valence-corrected chi connectivity index (χ4v) is 0.945. The first-order valence-corrected chi connectivity index (χ1v) is 3.99. The Morgan fingerprint density at radius 2 is 2.50 bits per heavy atom. The molecule has 0 N–H and O–H groups in total. The molecule has 0 aliphatic carbocycles. The van der Waals surface area contributed by atoms with Crippen molar-refractivity contribution in [1.82, 2.24) is 0 Å². The van der Waals surface area contributed by atoms with Crippen LogP contribution in [-0.2, 0) is 4.74 Å². The van der Waals surface area contributed by atoms with Crippen molar-refractivity contribution in [1.29, 1.82) is 0 Å². The third kappa shape index (κ3) is 2.01. The second-order valence-electron chi connectivity index (χ2n) is 2.84. The lowest BCUT2D eigenvalue weighted by atomic mass is 10.1. The Morgan fingerprint density at radius 1 is 1.70 bits per heavy atom. The Bertz CT molecular complexity index is 131. The molecule has 58 valence electrons. The van der Waals surface area contributed by atoms with Gasteiger partial charge in [-0.15, -0.1) is 0 Å². The largest absolute Gasteiger partial charge is 0.479 e. The third-order valence-electron chi connectivity index (χ3n) is 1.87. The van der Waals surface area contributed by atoms with Crippen molar-refractivity contribution in [3.05, 3.63) is 0 Å². The average Bonchev–Trinajstić information content (AvgIpc) is 2.40. The summed E-state index contributed by atoms with van der Waals surface area (Å²) < 4.78 is 5.28. The Balaban J connectivity index is 2.23. The van der Waals surface area contributed by atoms with E-state index < -0.39 is 0 Å². The number of rotatable bonds is 3. The molecule has 0 aromatic heterocycles. The van der Waals surface area contributed by atoms with Crippen LogP contribution in [0.5, 0.6) is 0 Å². The highest BCUT2D eigenvalue weighted by atomic mass is 16.5. The van der Waals surface area contributed by atoms with Crippen LogP contribution in [0.4, 0.5) is 0 Å². The predicted molar refractivity (Wildman–Crippen MR) is 42.3 cm³/mol. The number of nitrogens with zero attached hydrogens (tertiary/aromatic N) is 1. The highest BCUT2D eigenvalue weighted by Gasteiger charge is 2.09. The van der Waals surface area contributed by atoms with Crippen LogP contribution in [-0.4, -0.2) is 19.0 Å². The monoisotopic (exact) mass is 141 g/mol. The number of aliphatic imine (C=N–C) groups is 1. The molecule has 0 unspecified atom stereocenters. The van der Waals surface area contributed by atoms with Gasteiger partial charge in [-0.05, 0) is 5.92 Å². The van der Waals surface area contributed by atoms with Crippen LogP contribution in [0, 0.1) is 5.92 Å². The van der Waals surface area contributed by atoms with Crippen LogP contribution in [0.1, 0.15) is 26.7 Å². The van der Waals surface area contributed by atoms with Crippen molar-refractivity contribution >= 4 is 5.90 Å². The highest BCUT2D eigenvalue weighted by molar-refractivity contribution is 5.77. The van der Waals surface area contributed by atoms with E-state index in [-0.39, 0.29) is 0 Å². The van der Waals surface area contributed by atoms with Crippen LogP contribution in [0.2, 0.25) is 0 Å². The normalized spacial score (nSPS) is 20.0. The van der Waals surface area contributed by atoms with Gasteiger partial charge in [-0.1, -0.05) is 20.3 Å². The van der Waals surface area contributed by atoms with Crippen molar-refractivity contribution < 1.29 is 4.74 Å². The lowest BCUT2D eigenvalue weighted by molar-refractivity contribution is 0.329. The van der Waals surface area contributed by atoms with E-state index >= 15 is 0 Å². The topological polar surface area (TPSA) is 21.6 Å². The minimum Gasteiger partial charge on any atom is -0.479 e. The summed E-state index contributed by atoms with van der Waals surface area (Å²) in [5.41, 5.74) is 0. The second-order valence-corrected chi connectivity index (χ2v) is 2.84. The molecule has 0 fully saturated rings. The molecular weight excluding hydrogens is 126 g/mol. The van der Waals surface area contributed by atoms with Gasteiger partial charge >= 0.3 is 0 Å². The zero-order valence-electron chi connectivity index (χ0n) is 6.76. The van der Waals surface area contributed by atoms with Crippen LogP contribution in [0.25, 0.3) is 0 Å². The summed E-state index contributed by atoms with van der Waals surface area (Å²) in [6, 6.07) is 0. The maximum absolute atomic E-state index is 5.28. The molecule has 1 aliphatic rings. The fourth-order valence-electron chi connectivity index (χ4n) is 0.945. The quantitative estimate of drug-likeness (QED) is 0.587. The molecule has 1 atom stereocenters. The summed E-state index contributed by atoms with van der Waals surface area (Å²) in [6.45, 7) is 6.09. The van der Waals surface area contributed by atoms with Gasteiger partial charge in [0.25, 0.3) is 0 Å². The Morgan fingerprint density at radius 3 is 3.00 bits per heavy atom. The molecule has 1 heterocycles. The standard InChI is InChI=1S/C8H15NO/c1-3-7(2)6-8-9-4-5-10-8/h7H,3-6H2,1-2H3/t7-/m0/s1. The summed E-state index contributed by atoms with van der Waals surface area (Å²) >= 11 is 0. The van der Waals surface area contributed by atoms with Gasteiger partial charge in [0.15, 0.2) is 5.90 Å². The summed E-state index contributed by atoms with van der Waals surface area (Å²) in [5.74, 6) is 1.69. The molecule has 0 aromatic carbocycles. The number of hydrogen-bond donors (Lipinski definition) is 0. The molecule has 0 radical (unpaired) electrons. The Hall–Kier alpha value is -0.530. The molecule has 1 rings (SSSR count).